The third-order valence-electron chi connectivity index (χ3n) is 3.05. The second-order valence-corrected chi connectivity index (χ2v) is 6.25. The van der Waals surface area contributed by atoms with Crippen LogP contribution in [-0.4, -0.2) is 39.5 Å². The van der Waals surface area contributed by atoms with Crippen LogP contribution in [0.1, 0.15) is 23.3 Å². The summed E-state index contributed by atoms with van der Waals surface area (Å²) < 4.78 is 0. The Balaban J connectivity index is 1.80. The molecule has 2 heterocycles. The lowest BCUT2D eigenvalue weighted by molar-refractivity contribution is -0.137. The predicted molar refractivity (Wildman–Crippen MR) is 77.1 cm³/mol. The molecule has 5 nitrogen and oxygen atoms in total. The van der Waals surface area contributed by atoms with Gasteiger partial charge in [0.2, 0.25) is 0 Å². The summed E-state index contributed by atoms with van der Waals surface area (Å²) in [6, 6.07) is 2.01. The predicted octanol–water partition coefficient (Wildman–Crippen LogP) is 2.56. The van der Waals surface area contributed by atoms with E-state index >= 15 is 0 Å². The highest BCUT2D eigenvalue weighted by Gasteiger charge is 2.35. The van der Waals surface area contributed by atoms with Crippen molar-refractivity contribution in [2.45, 2.75) is 18.9 Å². The van der Waals surface area contributed by atoms with Crippen molar-refractivity contribution >= 4 is 34.6 Å². The fraction of sp³-hybridized carbons (Fsp3) is 0.308. The van der Waals surface area contributed by atoms with Gasteiger partial charge >= 0.3 is 5.97 Å². The summed E-state index contributed by atoms with van der Waals surface area (Å²) >= 11 is 2.98. The van der Waals surface area contributed by atoms with Crippen LogP contribution in [0.4, 0.5) is 0 Å². The van der Waals surface area contributed by atoms with Gasteiger partial charge in [0.05, 0.1) is 0 Å². The Morgan fingerprint density at radius 3 is 2.80 bits per heavy atom. The molecule has 0 spiro atoms. The molecule has 2 aromatic heterocycles. The summed E-state index contributed by atoms with van der Waals surface area (Å²) in [7, 11) is 0. The Kier molecular flexibility index (Phi) is 3.54. The van der Waals surface area contributed by atoms with Gasteiger partial charge in [0, 0.05) is 22.4 Å². The van der Waals surface area contributed by atoms with Gasteiger partial charge in [0.15, 0.2) is 0 Å². The maximum Gasteiger partial charge on any atom is 0.323 e. The first-order chi connectivity index (χ1) is 9.65. The van der Waals surface area contributed by atoms with E-state index in [1.807, 2.05) is 16.8 Å². The maximum atomic E-state index is 12.4. The van der Waals surface area contributed by atoms with E-state index in [1.54, 1.807) is 16.7 Å². The highest BCUT2D eigenvalue weighted by atomic mass is 32.1. The van der Waals surface area contributed by atoms with Gasteiger partial charge in [-0.1, -0.05) is 0 Å². The third kappa shape index (κ3) is 2.73. The molecule has 7 heteroatoms. The van der Waals surface area contributed by atoms with Crippen molar-refractivity contribution < 1.29 is 14.7 Å². The van der Waals surface area contributed by atoms with Gasteiger partial charge in [0.1, 0.15) is 17.2 Å². The van der Waals surface area contributed by atoms with Gasteiger partial charge in [-0.05, 0) is 24.3 Å². The van der Waals surface area contributed by atoms with Gasteiger partial charge in [-0.3, -0.25) is 9.59 Å². The van der Waals surface area contributed by atoms with Crippen LogP contribution >= 0.6 is 22.7 Å². The number of aliphatic carboxylic acids is 1. The van der Waals surface area contributed by atoms with Crippen LogP contribution in [0.3, 0.4) is 0 Å². The summed E-state index contributed by atoms with van der Waals surface area (Å²) in [5, 5.41) is 15.3. The Hall–Kier alpha value is -1.73. The van der Waals surface area contributed by atoms with Gasteiger partial charge in [-0.25, -0.2) is 4.98 Å². The molecule has 0 bridgehead atoms. The first-order valence-electron chi connectivity index (χ1n) is 6.16. The molecule has 0 aromatic carbocycles. The van der Waals surface area contributed by atoms with E-state index in [9.17, 15) is 9.59 Å². The third-order valence-corrected chi connectivity index (χ3v) is 4.62. The number of amides is 1. The maximum absolute atomic E-state index is 12.4. The summed E-state index contributed by atoms with van der Waals surface area (Å²) in [6.07, 6.45) is 1.75. The molecule has 1 aliphatic carbocycles. The molecule has 1 saturated carbocycles. The highest BCUT2D eigenvalue weighted by Crippen LogP contribution is 2.30. The minimum Gasteiger partial charge on any atom is -0.480 e. The lowest BCUT2D eigenvalue weighted by Crippen LogP contribution is -2.37. The van der Waals surface area contributed by atoms with Crippen LogP contribution in [0.2, 0.25) is 0 Å². The van der Waals surface area contributed by atoms with Crippen molar-refractivity contribution in [3.05, 3.63) is 27.9 Å². The number of carboxylic acids is 1. The Bertz CT molecular complexity index is 632. The van der Waals surface area contributed by atoms with E-state index in [2.05, 4.69) is 4.98 Å². The number of hydrogen-bond acceptors (Lipinski definition) is 5. The second kappa shape index (κ2) is 5.34. The van der Waals surface area contributed by atoms with E-state index in [0.717, 1.165) is 23.4 Å². The Morgan fingerprint density at radius 2 is 2.20 bits per heavy atom. The van der Waals surface area contributed by atoms with E-state index in [4.69, 9.17) is 5.11 Å². The molecule has 104 valence electrons. The molecule has 0 radical (unpaired) electrons. The minimum atomic E-state index is -0.987. The van der Waals surface area contributed by atoms with E-state index in [1.165, 1.54) is 16.2 Å². The van der Waals surface area contributed by atoms with Gasteiger partial charge in [-0.15, -0.1) is 11.3 Å². The van der Waals surface area contributed by atoms with Crippen molar-refractivity contribution in [3.8, 4) is 10.6 Å². The zero-order valence-corrected chi connectivity index (χ0v) is 12.1. The van der Waals surface area contributed by atoms with Crippen molar-refractivity contribution in [1.29, 1.82) is 0 Å². The van der Waals surface area contributed by atoms with Crippen LogP contribution < -0.4 is 0 Å². The van der Waals surface area contributed by atoms with E-state index in [0.29, 0.717) is 5.69 Å². The summed E-state index contributed by atoms with van der Waals surface area (Å²) in [5.74, 6) is -1.27. The number of aromatic nitrogens is 1. The van der Waals surface area contributed by atoms with Gasteiger partial charge < -0.3 is 10.0 Å². The number of hydrogen-bond donors (Lipinski definition) is 1. The molecule has 1 fully saturated rings. The Labute approximate surface area is 123 Å². The zero-order valence-electron chi connectivity index (χ0n) is 10.5. The molecule has 0 unspecified atom stereocenters. The van der Waals surface area contributed by atoms with Gasteiger partial charge in [0.25, 0.3) is 5.91 Å². The minimum absolute atomic E-state index is 0.0601. The molecule has 1 aliphatic rings. The van der Waals surface area contributed by atoms with E-state index < -0.39 is 5.97 Å². The van der Waals surface area contributed by atoms with Crippen LogP contribution in [0.5, 0.6) is 0 Å². The molecule has 20 heavy (non-hydrogen) atoms. The molecule has 1 amide bonds. The molecular formula is C13H12N2O3S2. The molecule has 2 aromatic rings. The molecule has 3 rings (SSSR count). The number of rotatable bonds is 5. The zero-order chi connectivity index (χ0) is 14.1. The number of carbonyl (C=O) groups excluding carboxylic acids is 1. The molecule has 0 aliphatic heterocycles. The largest absolute Gasteiger partial charge is 0.480 e. The summed E-state index contributed by atoms with van der Waals surface area (Å²) in [4.78, 5) is 29.0. The number of thiazole rings is 1. The number of carbonyl (C=O) groups is 2. The molecular weight excluding hydrogens is 296 g/mol. The van der Waals surface area contributed by atoms with Gasteiger partial charge in [-0.2, -0.15) is 11.3 Å². The first kappa shape index (κ1) is 13.3. The number of nitrogens with zero attached hydrogens (tertiary/aromatic N) is 2. The van der Waals surface area contributed by atoms with Crippen molar-refractivity contribution in [2.75, 3.05) is 6.54 Å². The summed E-state index contributed by atoms with van der Waals surface area (Å²) in [5.41, 5.74) is 1.33. The first-order valence-corrected chi connectivity index (χ1v) is 7.98. The van der Waals surface area contributed by atoms with Crippen molar-refractivity contribution in [1.82, 2.24) is 9.88 Å². The number of carboxylic acid groups (broad SMARTS) is 1. The lowest BCUT2D eigenvalue weighted by atomic mass is 10.3. The highest BCUT2D eigenvalue weighted by molar-refractivity contribution is 7.14. The van der Waals surface area contributed by atoms with Crippen molar-refractivity contribution in [3.63, 3.8) is 0 Å². The average Bonchev–Trinajstić information content (AvgIpc) is 2.94. The van der Waals surface area contributed by atoms with Crippen molar-refractivity contribution in [2.24, 2.45) is 0 Å². The van der Waals surface area contributed by atoms with Crippen LogP contribution in [0.25, 0.3) is 10.6 Å². The monoisotopic (exact) mass is 308 g/mol. The number of thiophene rings is 1. The second-order valence-electron chi connectivity index (χ2n) is 4.61. The Morgan fingerprint density at radius 1 is 1.40 bits per heavy atom. The average molecular weight is 308 g/mol. The van der Waals surface area contributed by atoms with Crippen LogP contribution in [-0.2, 0) is 4.79 Å². The van der Waals surface area contributed by atoms with E-state index in [-0.39, 0.29) is 18.5 Å². The summed E-state index contributed by atoms with van der Waals surface area (Å²) in [6.45, 7) is -0.255. The van der Waals surface area contributed by atoms with Crippen LogP contribution in [0.15, 0.2) is 22.2 Å². The SMILES string of the molecule is O=C(O)CN(C(=O)c1csc(-c2ccsc2)n1)C1CC1. The quantitative estimate of drug-likeness (QED) is 0.921. The molecule has 0 atom stereocenters. The normalized spacial score (nSPS) is 14.2. The standard InChI is InChI=1S/C13H12N2O3S2/c16-11(17)5-15(9-1-2-9)13(18)10-7-20-12(14-10)8-3-4-19-6-8/h3-4,6-7,9H,1-2,5H2,(H,16,17). The molecule has 1 N–H and O–H groups in total. The topological polar surface area (TPSA) is 70.5 Å². The fourth-order valence-corrected chi connectivity index (χ4v) is 3.44. The van der Waals surface area contributed by atoms with Crippen LogP contribution in [0, 0.1) is 0 Å². The fourth-order valence-electron chi connectivity index (χ4n) is 1.94. The smallest absolute Gasteiger partial charge is 0.323 e. The molecule has 0 saturated heterocycles. The lowest BCUT2D eigenvalue weighted by Gasteiger charge is -2.18.